The molecule has 0 saturated heterocycles. The molecule has 1 saturated carbocycles. The Morgan fingerprint density at radius 3 is 2.50 bits per heavy atom. The fourth-order valence-corrected chi connectivity index (χ4v) is 5.22. The molecular weight excluding hydrogens is 326 g/mol. The van der Waals surface area contributed by atoms with Gasteiger partial charge in [0.15, 0.2) is 11.5 Å². The van der Waals surface area contributed by atoms with Crippen LogP contribution < -0.4 is 9.47 Å². The molecule has 1 fully saturated rings. The summed E-state index contributed by atoms with van der Waals surface area (Å²) in [4.78, 5) is 0. The van der Waals surface area contributed by atoms with Gasteiger partial charge in [0, 0.05) is 6.54 Å². The summed E-state index contributed by atoms with van der Waals surface area (Å²) in [6.45, 7) is 4.17. The van der Waals surface area contributed by atoms with Crippen LogP contribution in [-0.2, 0) is 16.4 Å². The second-order valence-corrected chi connectivity index (χ2v) is 8.48. The number of rotatable bonds is 7. The first-order valence-electron chi connectivity index (χ1n) is 8.37. The molecule has 0 aromatic heterocycles. The normalized spacial score (nSPS) is 21.2. The minimum atomic E-state index is -3.29. The van der Waals surface area contributed by atoms with Gasteiger partial charge in [-0.25, -0.2) is 8.42 Å². The van der Waals surface area contributed by atoms with Gasteiger partial charge < -0.3 is 9.47 Å². The lowest BCUT2D eigenvalue weighted by molar-refractivity contribution is 0.277. The van der Waals surface area contributed by atoms with Crippen molar-refractivity contribution < 1.29 is 17.9 Å². The smallest absolute Gasteiger partial charge is 0.214 e. The summed E-state index contributed by atoms with van der Waals surface area (Å²) in [6, 6.07) is 3.88. The number of methoxy groups -OCH3 is 2. The summed E-state index contributed by atoms with van der Waals surface area (Å²) in [6.07, 6.45) is 4.99. The zero-order valence-corrected chi connectivity index (χ0v) is 15.1. The minimum Gasteiger partial charge on any atom is -0.493 e. The molecule has 132 valence electrons. The van der Waals surface area contributed by atoms with Crippen molar-refractivity contribution in [3.63, 3.8) is 0 Å². The SMILES string of the molecule is C=CCCS(=O)(=O)N1CCc2cc(OC)c(OC)cc2C1C1CC1. The fourth-order valence-electron chi connectivity index (χ4n) is 3.52. The molecule has 24 heavy (non-hydrogen) atoms. The molecule has 6 heteroatoms. The Morgan fingerprint density at radius 2 is 1.92 bits per heavy atom. The van der Waals surface area contributed by atoms with Crippen LogP contribution in [0.15, 0.2) is 24.8 Å². The number of hydrogen-bond donors (Lipinski definition) is 0. The highest BCUT2D eigenvalue weighted by molar-refractivity contribution is 7.89. The van der Waals surface area contributed by atoms with Gasteiger partial charge in [0.1, 0.15) is 0 Å². The van der Waals surface area contributed by atoms with Gasteiger partial charge in [0.25, 0.3) is 0 Å². The Balaban J connectivity index is 2.01. The van der Waals surface area contributed by atoms with E-state index in [4.69, 9.17) is 9.47 Å². The van der Waals surface area contributed by atoms with Crippen molar-refractivity contribution in [2.75, 3.05) is 26.5 Å². The van der Waals surface area contributed by atoms with Gasteiger partial charge in [0.2, 0.25) is 10.0 Å². The van der Waals surface area contributed by atoms with Crippen LogP contribution >= 0.6 is 0 Å². The predicted octanol–water partition coefficient (Wildman–Crippen LogP) is 2.92. The van der Waals surface area contributed by atoms with Crippen molar-refractivity contribution in [3.05, 3.63) is 35.9 Å². The molecule has 1 unspecified atom stereocenters. The third-order valence-electron chi connectivity index (χ3n) is 4.88. The van der Waals surface area contributed by atoms with E-state index >= 15 is 0 Å². The van der Waals surface area contributed by atoms with Gasteiger partial charge in [-0.05, 0) is 54.9 Å². The van der Waals surface area contributed by atoms with E-state index in [1.807, 2.05) is 12.1 Å². The van der Waals surface area contributed by atoms with Crippen LogP contribution in [0, 0.1) is 5.92 Å². The van der Waals surface area contributed by atoms with Gasteiger partial charge in [-0.15, -0.1) is 6.58 Å². The Hall–Kier alpha value is -1.53. The Labute approximate surface area is 144 Å². The molecule has 1 atom stereocenters. The summed E-state index contributed by atoms with van der Waals surface area (Å²) in [5, 5.41) is 0. The molecule has 1 aliphatic carbocycles. The molecule has 0 spiro atoms. The van der Waals surface area contributed by atoms with Crippen LogP contribution in [-0.4, -0.2) is 39.2 Å². The summed E-state index contributed by atoms with van der Waals surface area (Å²) >= 11 is 0. The minimum absolute atomic E-state index is 0.0802. The van der Waals surface area contributed by atoms with Crippen molar-refractivity contribution >= 4 is 10.0 Å². The monoisotopic (exact) mass is 351 g/mol. The van der Waals surface area contributed by atoms with Crippen LogP contribution in [0.25, 0.3) is 0 Å². The number of nitrogens with zero attached hydrogens (tertiary/aromatic N) is 1. The maximum Gasteiger partial charge on any atom is 0.214 e. The van der Waals surface area contributed by atoms with Crippen LogP contribution in [0.5, 0.6) is 11.5 Å². The number of fused-ring (bicyclic) bond motifs is 1. The lowest BCUT2D eigenvalue weighted by atomic mass is 9.91. The zero-order valence-electron chi connectivity index (χ0n) is 14.3. The molecular formula is C18H25NO4S. The van der Waals surface area contributed by atoms with Gasteiger partial charge in [-0.3, -0.25) is 0 Å². The number of allylic oxidation sites excluding steroid dienone is 1. The molecule has 2 aliphatic rings. The molecule has 1 aliphatic heterocycles. The standard InChI is InChI=1S/C18H25NO4S/c1-4-5-10-24(20,21)19-9-8-14-11-16(22-2)17(23-3)12-15(14)18(19)13-6-7-13/h4,11-13,18H,1,5-10H2,2-3H3. The quantitative estimate of drug-likeness (QED) is 0.709. The van der Waals surface area contributed by atoms with Gasteiger partial charge in [0.05, 0.1) is 26.0 Å². The first-order chi connectivity index (χ1) is 11.5. The molecule has 0 radical (unpaired) electrons. The van der Waals surface area contributed by atoms with Gasteiger partial charge in [-0.1, -0.05) is 6.08 Å². The van der Waals surface area contributed by atoms with Crippen LogP contribution in [0.2, 0.25) is 0 Å². The fraction of sp³-hybridized carbons (Fsp3) is 0.556. The summed E-state index contributed by atoms with van der Waals surface area (Å²) in [5.41, 5.74) is 2.24. The maximum absolute atomic E-state index is 12.8. The van der Waals surface area contributed by atoms with E-state index < -0.39 is 10.0 Å². The highest BCUT2D eigenvalue weighted by Gasteiger charge is 2.44. The zero-order chi connectivity index (χ0) is 17.3. The van der Waals surface area contributed by atoms with Crippen molar-refractivity contribution in [2.45, 2.75) is 31.7 Å². The van der Waals surface area contributed by atoms with E-state index in [2.05, 4.69) is 6.58 Å². The molecule has 1 aromatic carbocycles. The Kier molecular flexibility index (Phi) is 4.88. The van der Waals surface area contributed by atoms with E-state index in [1.165, 1.54) is 5.56 Å². The summed E-state index contributed by atoms with van der Waals surface area (Å²) < 4.78 is 38.1. The summed E-state index contributed by atoms with van der Waals surface area (Å²) in [5.74, 6) is 1.89. The largest absolute Gasteiger partial charge is 0.493 e. The lowest BCUT2D eigenvalue weighted by Gasteiger charge is -2.37. The van der Waals surface area contributed by atoms with Crippen molar-refractivity contribution in [2.24, 2.45) is 5.92 Å². The first kappa shape index (κ1) is 17.3. The highest BCUT2D eigenvalue weighted by Crippen LogP contribution is 2.50. The third kappa shape index (κ3) is 3.17. The topological polar surface area (TPSA) is 55.8 Å². The molecule has 3 rings (SSSR count). The number of sulfonamides is 1. The molecule has 0 N–H and O–H groups in total. The number of hydrogen-bond acceptors (Lipinski definition) is 4. The molecule has 1 aromatic rings. The number of benzene rings is 1. The van der Waals surface area contributed by atoms with E-state index in [-0.39, 0.29) is 11.8 Å². The van der Waals surface area contributed by atoms with Crippen LogP contribution in [0.1, 0.15) is 36.4 Å². The van der Waals surface area contributed by atoms with E-state index in [9.17, 15) is 8.42 Å². The van der Waals surface area contributed by atoms with Crippen LogP contribution in [0.4, 0.5) is 0 Å². The maximum atomic E-state index is 12.8. The molecule has 0 bridgehead atoms. The van der Waals surface area contributed by atoms with Crippen molar-refractivity contribution in [1.29, 1.82) is 0 Å². The van der Waals surface area contributed by atoms with Gasteiger partial charge >= 0.3 is 0 Å². The third-order valence-corrected chi connectivity index (χ3v) is 6.76. The molecule has 1 heterocycles. The van der Waals surface area contributed by atoms with E-state index in [0.29, 0.717) is 36.8 Å². The van der Waals surface area contributed by atoms with Gasteiger partial charge in [-0.2, -0.15) is 4.31 Å². The average Bonchev–Trinajstić information content (AvgIpc) is 3.42. The van der Waals surface area contributed by atoms with E-state index in [1.54, 1.807) is 24.6 Å². The summed E-state index contributed by atoms with van der Waals surface area (Å²) in [7, 11) is -0.0562. The average molecular weight is 351 g/mol. The van der Waals surface area contributed by atoms with Crippen LogP contribution in [0.3, 0.4) is 0 Å². The van der Waals surface area contributed by atoms with Crippen molar-refractivity contribution in [3.8, 4) is 11.5 Å². The van der Waals surface area contributed by atoms with Crippen molar-refractivity contribution in [1.82, 2.24) is 4.31 Å². The highest BCUT2D eigenvalue weighted by atomic mass is 32.2. The molecule has 0 amide bonds. The first-order valence-corrected chi connectivity index (χ1v) is 9.98. The lowest BCUT2D eigenvalue weighted by Crippen LogP contribution is -2.42. The predicted molar refractivity (Wildman–Crippen MR) is 94.0 cm³/mol. The number of ether oxygens (including phenoxy) is 2. The van der Waals surface area contributed by atoms with E-state index in [0.717, 1.165) is 18.4 Å². The Morgan fingerprint density at radius 1 is 1.25 bits per heavy atom. The second-order valence-electron chi connectivity index (χ2n) is 6.44. The second kappa shape index (κ2) is 6.76. The molecule has 5 nitrogen and oxygen atoms in total. The Bertz CT molecular complexity index is 725.